The van der Waals surface area contributed by atoms with Crippen LogP contribution in [0.5, 0.6) is 5.75 Å². The number of aliphatic carboxylic acids is 1. The fourth-order valence-corrected chi connectivity index (χ4v) is 7.53. The number of aliphatic hydroxyl groups is 1. The number of piperidine rings is 1. The van der Waals surface area contributed by atoms with Gasteiger partial charge in [-0.1, -0.05) is 0 Å². The number of methoxy groups -OCH3 is 1. The van der Waals surface area contributed by atoms with Crippen molar-refractivity contribution < 1.29 is 19.7 Å². The number of ether oxygens (including phenoxy) is 1. The van der Waals surface area contributed by atoms with E-state index in [1.807, 2.05) is 47.4 Å². The largest absolute Gasteiger partial charge is 0.497 e. The van der Waals surface area contributed by atoms with E-state index in [0.717, 1.165) is 66.9 Å². The highest BCUT2D eigenvalue weighted by Crippen LogP contribution is 2.35. The topological polar surface area (TPSA) is 82.9 Å². The number of carboxylic acid groups (broad SMARTS) is 1. The van der Waals surface area contributed by atoms with Gasteiger partial charge in [0.05, 0.1) is 22.9 Å². The van der Waals surface area contributed by atoms with Gasteiger partial charge in [-0.25, -0.2) is 0 Å². The fraction of sp³-hybridized carbons (Fsp3) is 0.517. The molecule has 0 saturated carbocycles. The molecule has 1 aliphatic rings. The molecule has 1 fully saturated rings. The number of pyridine rings is 1. The smallest absolute Gasteiger partial charge is 0.303 e. The van der Waals surface area contributed by atoms with Crippen molar-refractivity contribution in [3.05, 3.63) is 53.0 Å². The number of thioether (sulfide) groups is 1. The van der Waals surface area contributed by atoms with E-state index in [1.165, 1.54) is 9.09 Å². The van der Waals surface area contributed by atoms with Gasteiger partial charge >= 0.3 is 5.97 Å². The number of hydrogen-bond donors (Lipinski definition) is 2. The van der Waals surface area contributed by atoms with E-state index >= 15 is 0 Å². The van der Waals surface area contributed by atoms with Crippen LogP contribution in [0.25, 0.3) is 10.9 Å². The van der Waals surface area contributed by atoms with Crippen LogP contribution in [0.15, 0.2) is 46.8 Å². The van der Waals surface area contributed by atoms with Crippen molar-refractivity contribution in [1.29, 1.82) is 0 Å². The molecule has 2 aromatic heterocycles. The van der Waals surface area contributed by atoms with Crippen molar-refractivity contribution in [2.24, 2.45) is 11.8 Å². The van der Waals surface area contributed by atoms with E-state index in [1.54, 1.807) is 13.3 Å². The highest BCUT2D eigenvalue weighted by atomic mass is 32.2. The molecule has 4 rings (SSSR count). The van der Waals surface area contributed by atoms with Crippen LogP contribution in [-0.2, 0) is 4.79 Å². The first kappa shape index (κ1) is 27.9. The van der Waals surface area contributed by atoms with E-state index in [4.69, 9.17) is 4.74 Å². The van der Waals surface area contributed by atoms with Gasteiger partial charge in [-0.3, -0.25) is 9.78 Å². The summed E-state index contributed by atoms with van der Waals surface area (Å²) >= 11 is 3.79. The zero-order valence-corrected chi connectivity index (χ0v) is 23.4. The summed E-state index contributed by atoms with van der Waals surface area (Å²) < 4.78 is 6.76. The molecule has 3 atom stereocenters. The average molecular weight is 543 g/mol. The molecule has 1 aliphatic heterocycles. The standard InChI is InChI=1S/C29H38N2O4S2/c1-20-4-11-29(37-20)36-17-3-15-31-16-13-21(22(19-31)6-10-28(33)34)5-9-27(32)24-12-14-30-26-8-7-23(35-2)18-25(24)26/h4,7-8,11-12,14,18,21-22,27,32H,3,5-6,9-10,13,15-17,19H2,1-2H3,(H,33,34)/t21-,22-,27-/m1/s1. The molecule has 2 N–H and O–H groups in total. The highest BCUT2D eigenvalue weighted by molar-refractivity contribution is 8.01. The Bertz CT molecular complexity index is 1170. The average Bonchev–Trinajstić information content (AvgIpc) is 3.33. The van der Waals surface area contributed by atoms with Gasteiger partial charge in [-0.05, 0) is 106 Å². The predicted octanol–water partition coefficient (Wildman–Crippen LogP) is 6.41. The van der Waals surface area contributed by atoms with Crippen LogP contribution in [0.4, 0.5) is 0 Å². The number of aryl methyl sites for hydroxylation is 1. The molecule has 0 spiro atoms. The summed E-state index contributed by atoms with van der Waals surface area (Å²) in [6, 6.07) is 12.0. The molecule has 0 amide bonds. The number of rotatable bonds is 13. The van der Waals surface area contributed by atoms with Crippen molar-refractivity contribution in [1.82, 2.24) is 9.88 Å². The molecular weight excluding hydrogens is 504 g/mol. The van der Waals surface area contributed by atoms with Crippen molar-refractivity contribution in [3.63, 3.8) is 0 Å². The number of aromatic nitrogens is 1. The van der Waals surface area contributed by atoms with Gasteiger partial charge in [0.1, 0.15) is 5.75 Å². The first-order valence-corrected chi connectivity index (χ1v) is 15.0. The summed E-state index contributed by atoms with van der Waals surface area (Å²) in [5.41, 5.74) is 1.72. The summed E-state index contributed by atoms with van der Waals surface area (Å²) in [4.78, 5) is 19.6. The zero-order chi connectivity index (χ0) is 26.2. The monoisotopic (exact) mass is 542 g/mol. The summed E-state index contributed by atoms with van der Waals surface area (Å²) in [7, 11) is 1.64. The summed E-state index contributed by atoms with van der Waals surface area (Å²) in [6.45, 7) is 5.20. The number of likely N-dealkylation sites (tertiary alicyclic amines) is 1. The maximum absolute atomic E-state index is 11.3. The Morgan fingerprint density at radius 2 is 2.11 bits per heavy atom. The first-order valence-electron chi connectivity index (χ1n) is 13.2. The number of benzene rings is 1. The molecule has 3 heterocycles. The Balaban J connectivity index is 1.32. The lowest BCUT2D eigenvalue weighted by molar-refractivity contribution is -0.137. The molecular formula is C29H38N2O4S2. The van der Waals surface area contributed by atoms with Crippen LogP contribution in [0.2, 0.25) is 0 Å². The number of aliphatic hydroxyl groups excluding tert-OH is 1. The van der Waals surface area contributed by atoms with Crippen LogP contribution >= 0.6 is 23.1 Å². The van der Waals surface area contributed by atoms with E-state index < -0.39 is 12.1 Å². The third-order valence-electron chi connectivity index (χ3n) is 7.44. The van der Waals surface area contributed by atoms with Crippen LogP contribution in [-0.4, -0.2) is 58.6 Å². The second-order valence-electron chi connectivity index (χ2n) is 9.99. The van der Waals surface area contributed by atoms with Crippen LogP contribution in [0.3, 0.4) is 0 Å². The molecule has 3 aromatic rings. The number of hydrogen-bond acceptors (Lipinski definition) is 7. The Kier molecular flexibility index (Phi) is 10.3. The van der Waals surface area contributed by atoms with E-state index in [-0.39, 0.29) is 6.42 Å². The lowest BCUT2D eigenvalue weighted by Crippen LogP contribution is -2.41. The molecule has 6 nitrogen and oxygen atoms in total. The SMILES string of the molecule is COc1ccc2nccc([C@H](O)CC[C@@H]3CCN(CCCSc4ccc(C)s4)C[C@H]3CCC(=O)O)c2c1. The van der Waals surface area contributed by atoms with Crippen LogP contribution in [0, 0.1) is 18.8 Å². The van der Waals surface area contributed by atoms with Gasteiger partial charge in [0, 0.05) is 35.2 Å². The van der Waals surface area contributed by atoms with Crippen molar-refractivity contribution >= 4 is 40.0 Å². The van der Waals surface area contributed by atoms with E-state index in [2.05, 4.69) is 28.9 Å². The van der Waals surface area contributed by atoms with Crippen molar-refractivity contribution in [2.45, 2.75) is 55.8 Å². The maximum Gasteiger partial charge on any atom is 0.303 e. The molecule has 0 radical (unpaired) electrons. The van der Waals surface area contributed by atoms with Crippen molar-refractivity contribution in [3.8, 4) is 5.75 Å². The first-order chi connectivity index (χ1) is 17.9. The second-order valence-corrected chi connectivity index (χ2v) is 12.7. The number of carboxylic acids is 1. The van der Waals surface area contributed by atoms with Gasteiger partial charge in [0.15, 0.2) is 0 Å². The number of carbonyl (C=O) groups is 1. The predicted molar refractivity (Wildman–Crippen MR) is 152 cm³/mol. The number of fused-ring (bicyclic) bond motifs is 1. The Labute approximate surface area is 228 Å². The Hall–Kier alpha value is -2.13. The van der Waals surface area contributed by atoms with Gasteiger partial charge in [-0.15, -0.1) is 23.1 Å². The molecule has 200 valence electrons. The third kappa shape index (κ3) is 7.93. The van der Waals surface area contributed by atoms with E-state index in [0.29, 0.717) is 24.7 Å². The molecule has 0 unspecified atom stereocenters. The lowest BCUT2D eigenvalue weighted by Gasteiger charge is -2.39. The molecule has 0 bridgehead atoms. The summed E-state index contributed by atoms with van der Waals surface area (Å²) in [5, 5.41) is 21.4. The minimum Gasteiger partial charge on any atom is -0.497 e. The molecule has 37 heavy (non-hydrogen) atoms. The highest BCUT2D eigenvalue weighted by Gasteiger charge is 2.30. The maximum atomic E-state index is 11.3. The molecule has 1 saturated heterocycles. The summed E-state index contributed by atoms with van der Waals surface area (Å²) in [6.07, 6.45) is 5.80. The zero-order valence-electron chi connectivity index (χ0n) is 21.8. The van der Waals surface area contributed by atoms with Gasteiger partial charge in [-0.2, -0.15) is 0 Å². The Morgan fingerprint density at radius 3 is 2.86 bits per heavy atom. The van der Waals surface area contributed by atoms with Gasteiger partial charge in [0.25, 0.3) is 0 Å². The quantitative estimate of drug-likeness (QED) is 0.191. The third-order valence-corrected chi connectivity index (χ3v) is 9.75. The van der Waals surface area contributed by atoms with Gasteiger partial charge in [0.2, 0.25) is 0 Å². The van der Waals surface area contributed by atoms with Crippen molar-refractivity contribution in [2.75, 3.05) is 32.5 Å². The molecule has 0 aliphatic carbocycles. The minimum absolute atomic E-state index is 0.208. The second kappa shape index (κ2) is 13.6. The Morgan fingerprint density at radius 1 is 1.24 bits per heavy atom. The number of nitrogens with zero attached hydrogens (tertiary/aromatic N) is 2. The normalized spacial score (nSPS) is 19.2. The van der Waals surface area contributed by atoms with Gasteiger partial charge < -0.3 is 19.8 Å². The molecule has 8 heteroatoms. The lowest BCUT2D eigenvalue weighted by atomic mass is 9.79. The van der Waals surface area contributed by atoms with E-state index in [9.17, 15) is 15.0 Å². The number of thiophene rings is 1. The fourth-order valence-electron chi connectivity index (χ4n) is 5.42. The summed E-state index contributed by atoms with van der Waals surface area (Å²) in [5.74, 6) is 1.90. The minimum atomic E-state index is -0.726. The van der Waals surface area contributed by atoms with Crippen LogP contribution < -0.4 is 4.74 Å². The molecule has 1 aromatic carbocycles. The van der Waals surface area contributed by atoms with Crippen LogP contribution in [0.1, 0.15) is 55.1 Å².